The van der Waals surface area contributed by atoms with Crippen LogP contribution in [0, 0.1) is 45.8 Å². The number of hydrogen-bond donors (Lipinski definition) is 1. The van der Waals surface area contributed by atoms with Gasteiger partial charge >= 0.3 is 0 Å². The number of nitriles is 3. The van der Waals surface area contributed by atoms with Gasteiger partial charge < -0.3 is 33.7 Å². The monoisotopic (exact) mass is 1020 g/mol. The van der Waals surface area contributed by atoms with Gasteiger partial charge in [-0.15, -0.1) is 0 Å². The summed E-state index contributed by atoms with van der Waals surface area (Å²) >= 11 is 0. The van der Waals surface area contributed by atoms with E-state index in [0.717, 1.165) is 87.3 Å². The fourth-order valence-electron chi connectivity index (χ4n) is 11.0. The first-order valence-corrected chi connectivity index (χ1v) is 33.0. The standard InChI is InChI=1S/C52H65N17O2Si2/c1-72(2,3)23-21-70-35-65-18-11-42-46(58-33-60-49(42)65)39-27-62-68(31-39)45(7-14-53)38-9-17-64(30-38)51-44(25-55)48-37(26-57-51)10-20-67(48)52(13-15-54,41-8-16-56-29-41)69-32-40(28-63-69)47-43-12-19-66(50(43)61-34-59-47)36-71-22-24-73(4,5)6/h11-12,18-19,26-28,31-34,38,41,45,56H,7-10,13,16-17,20-24,29-30,35-36H2,1-6H3. The van der Waals surface area contributed by atoms with Crippen molar-refractivity contribution in [2.75, 3.05) is 55.7 Å². The first kappa shape index (κ1) is 49.8. The van der Waals surface area contributed by atoms with Crippen LogP contribution < -0.4 is 15.1 Å². The Labute approximate surface area is 428 Å². The number of ether oxygens (including phenoxy) is 2. The van der Waals surface area contributed by atoms with Crippen LogP contribution in [0.4, 0.5) is 11.5 Å². The number of aromatic nitrogens is 11. The smallest absolute Gasteiger partial charge is 0.151 e. The van der Waals surface area contributed by atoms with Crippen LogP contribution in [0.15, 0.2) is 68.2 Å². The number of fused-ring (bicyclic) bond motifs is 3. The van der Waals surface area contributed by atoms with Gasteiger partial charge in [-0.3, -0.25) is 4.68 Å². The molecule has 378 valence electrons. The molecule has 2 fully saturated rings. The van der Waals surface area contributed by atoms with E-state index in [1.54, 1.807) is 12.7 Å². The van der Waals surface area contributed by atoms with E-state index in [1.165, 1.54) is 0 Å². The molecule has 0 aromatic carbocycles. The number of rotatable bonds is 20. The van der Waals surface area contributed by atoms with Crippen molar-refractivity contribution >= 4 is 49.7 Å². The molecule has 0 aliphatic carbocycles. The van der Waals surface area contributed by atoms with Crippen molar-refractivity contribution in [3.05, 3.63) is 79.3 Å². The normalized spacial score (nSPS) is 18.3. The molecule has 7 aromatic heterocycles. The van der Waals surface area contributed by atoms with E-state index in [2.05, 4.69) is 82.6 Å². The average Bonchev–Trinajstić information content (AvgIpc) is 4.24. The third-order valence-electron chi connectivity index (χ3n) is 15.0. The van der Waals surface area contributed by atoms with E-state index in [4.69, 9.17) is 34.6 Å². The van der Waals surface area contributed by atoms with Crippen molar-refractivity contribution in [3.8, 4) is 40.7 Å². The summed E-state index contributed by atoms with van der Waals surface area (Å²) in [4.78, 5) is 28.2. The summed E-state index contributed by atoms with van der Waals surface area (Å²) in [5, 5.41) is 47.5. The topological polar surface area (TPSA) is 218 Å². The maximum atomic E-state index is 11.2. The van der Waals surface area contributed by atoms with Crippen molar-refractivity contribution in [3.63, 3.8) is 0 Å². The molecule has 4 atom stereocenters. The van der Waals surface area contributed by atoms with Crippen molar-refractivity contribution in [2.24, 2.45) is 11.8 Å². The first-order valence-electron chi connectivity index (χ1n) is 25.5. The summed E-state index contributed by atoms with van der Waals surface area (Å²) in [5.41, 5.74) is 6.08. The Kier molecular flexibility index (Phi) is 14.0. The molecule has 10 rings (SSSR count). The fourth-order valence-corrected chi connectivity index (χ4v) is 12.5. The number of nitrogens with zero attached hydrogens (tertiary/aromatic N) is 16. The maximum absolute atomic E-state index is 11.2. The molecular formula is C52H65N17O2Si2. The van der Waals surface area contributed by atoms with Crippen LogP contribution in [0.5, 0.6) is 0 Å². The van der Waals surface area contributed by atoms with E-state index in [-0.39, 0.29) is 30.7 Å². The van der Waals surface area contributed by atoms with Gasteiger partial charge in [-0.2, -0.15) is 26.0 Å². The summed E-state index contributed by atoms with van der Waals surface area (Å²) in [6.07, 6.45) is 19.4. The van der Waals surface area contributed by atoms with Gasteiger partial charge in [-0.25, -0.2) is 29.6 Å². The summed E-state index contributed by atoms with van der Waals surface area (Å²) in [5.74, 6) is 0.647. The number of pyridine rings is 1. The van der Waals surface area contributed by atoms with E-state index in [9.17, 15) is 15.8 Å². The highest BCUT2D eigenvalue weighted by molar-refractivity contribution is 6.76. The quantitative estimate of drug-likeness (QED) is 0.0565. The second-order valence-corrected chi connectivity index (χ2v) is 33.5. The van der Waals surface area contributed by atoms with Crippen LogP contribution in [-0.2, 0) is 35.0 Å². The lowest BCUT2D eigenvalue weighted by Crippen LogP contribution is -2.56. The first-order chi connectivity index (χ1) is 35.3. The molecule has 19 nitrogen and oxygen atoms in total. The van der Waals surface area contributed by atoms with Crippen molar-refractivity contribution in [1.82, 2.24) is 58.9 Å². The van der Waals surface area contributed by atoms with E-state index in [1.807, 2.05) is 74.0 Å². The van der Waals surface area contributed by atoms with Gasteiger partial charge in [0.25, 0.3) is 0 Å². The lowest BCUT2D eigenvalue weighted by Gasteiger charge is -2.46. The Morgan fingerprint density at radius 2 is 1.44 bits per heavy atom. The Morgan fingerprint density at radius 3 is 2.04 bits per heavy atom. The summed E-state index contributed by atoms with van der Waals surface area (Å²) in [6.45, 7) is 19.6. The zero-order chi connectivity index (χ0) is 50.9. The van der Waals surface area contributed by atoms with Gasteiger partial charge in [-0.05, 0) is 55.6 Å². The van der Waals surface area contributed by atoms with Gasteiger partial charge in [0.05, 0.1) is 60.5 Å². The van der Waals surface area contributed by atoms with Crippen molar-refractivity contribution < 1.29 is 9.47 Å². The lowest BCUT2D eigenvalue weighted by molar-refractivity contribution is 0.0898. The zero-order valence-corrected chi connectivity index (χ0v) is 44.9. The maximum Gasteiger partial charge on any atom is 0.151 e. The van der Waals surface area contributed by atoms with Gasteiger partial charge in [0.2, 0.25) is 0 Å². The van der Waals surface area contributed by atoms with Crippen LogP contribution in [0.1, 0.15) is 42.9 Å². The predicted molar refractivity (Wildman–Crippen MR) is 284 cm³/mol. The highest BCUT2D eigenvalue weighted by Crippen LogP contribution is 2.48. The minimum atomic E-state index is -1.23. The van der Waals surface area contributed by atoms with E-state index < -0.39 is 21.8 Å². The molecule has 0 spiro atoms. The molecule has 0 amide bonds. The van der Waals surface area contributed by atoms with E-state index in [0.29, 0.717) is 70.7 Å². The van der Waals surface area contributed by atoms with Gasteiger partial charge in [-0.1, -0.05) is 39.3 Å². The predicted octanol–water partition coefficient (Wildman–Crippen LogP) is 8.01. The van der Waals surface area contributed by atoms with Crippen LogP contribution in [-0.4, -0.2) is 116 Å². The van der Waals surface area contributed by atoms with Gasteiger partial charge in [0, 0.05) is 120 Å². The molecule has 7 aromatic rings. The Bertz CT molecular complexity index is 3230. The molecule has 3 aliphatic rings. The zero-order valence-electron chi connectivity index (χ0n) is 42.9. The second kappa shape index (κ2) is 20.6. The number of hydrogen-bond acceptors (Lipinski definition) is 15. The minimum absolute atomic E-state index is 0.00677. The van der Waals surface area contributed by atoms with Gasteiger partial charge in [0.1, 0.15) is 54.9 Å². The Morgan fingerprint density at radius 1 is 0.781 bits per heavy atom. The molecular weight excluding hydrogens is 951 g/mol. The number of nitrogens with one attached hydrogen (secondary N) is 1. The van der Waals surface area contributed by atoms with Crippen LogP contribution in [0.3, 0.4) is 0 Å². The highest BCUT2D eigenvalue weighted by atomic mass is 28.3. The molecule has 0 radical (unpaired) electrons. The summed E-state index contributed by atoms with van der Waals surface area (Å²) in [7, 11) is -2.45. The Hall–Kier alpha value is -6.81. The van der Waals surface area contributed by atoms with Gasteiger partial charge in [0.15, 0.2) is 5.66 Å². The third kappa shape index (κ3) is 9.90. The van der Waals surface area contributed by atoms with E-state index >= 15 is 0 Å². The minimum Gasteiger partial charge on any atom is -0.361 e. The second-order valence-electron chi connectivity index (χ2n) is 22.2. The largest absolute Gasteiger partial charge is 0.361 e. The van der Waals surface area contributed by atoms with Crippen molar-refractivity contribution in [1.29, 1.82) is 15.8 Å². The molecule has 4 unspecified atom stereocenters. The molecule has 3 aliphatic heterocycles. The van der Waals surface area contributed by atoms with Crippen LogP contribution in [0.2, 0.25) is 51.4 Å². The SMILES string of the molecule is C[Si](C)(C)CCOCn1ccc2c(-c3cnn(C(CC#N)C4CCN(c5ncc6c(c5C#N)N(C(CC#N)(C5CCNC5)n5cc(-c7ncnc8c7ccn8COCC[Si](C)(C)C)cn5)CC6)C4)c3)ncnc21. The fraction of sp³-hybridized carbons (Fsp3) is 0.500. The third-order valence-corrected chi connectivity index (χ3v) is 18.4. The number of anilines is 2. The molecule has 21 heteroatoms. The van der Waals surface area contributed by atoms with Crippen LogP contribution in [0.25, 0.3) is 44.6 Å². The lowest BCUT2D eigenvalue weighted by atomic mass is 9.86. The molecule has 0 bridgehead atoms. The molecule has 10 heterocycles. The summed E-state index contributed by atoms with van der Waals surface area (Å²) in [6, 6.07) is 13.6. The molecule has 1 N–H and O–H groups in total. The molecule has 2 saturated heterocycles. The molecule has 73 heavy (non-hydrogen) atoms. The van der Waals surface area contributed by atoms with Crippen molar-refractivity contribution in [2.45, 2.75) is 109 Å². The van der Waals surface area contributed by atoms with Crippen LogP contribution >= 0.6 is 0 Å². The molecule has 0 saturated carbocycles. The summed E-state index contributed by atoms with van der Waals surface area (Å²) < 4.78 is 20.1. The highest BCUT2D eigenvalue weighted by Gasteiger charge is 2.51. The average molecular weight is 1020 g/mol. The Balaban J connectivity index is 0.917.